The van der Waals surface area contributed by atoms with Crippen LogP contribution in [0.25, 0.3) is 0 Å². The first-order valence-electron chi connectivity index (χ1n) is 4.23. The summed E-state index contributed by atoms with van der Waals surface area (Å²) in [6, 6.07) is -0.270. The van der Waals surface area contributed by atoms with Gasteiger partial charge in [-0.15, -0.1) is 0 Å². The summed E-state index contributed by atoms with van der Waals surface area (Å²) in [7, 11) is 0. The molecule has 0 aliphatic heterocycles. The first kappa shape index (κ1) is 8.50. The average Bonchev–Trinajstić information content (AvgIpc) is 1.85. The van der Waals surface area contributed by atoms with Gasteiger partial charge in [0.1, 0.15) is 0 Å². The molecular formula is C8H15NO2. The SMILES string of the molecule is CC1CC(C)CC([N+](=O)[O-])C1. The van der Waals surface area contributed by atoms with Gasteiger partial charge in [0.2, 0.25) is 6.04 Å². The maximum Gasteiger partial charge on any atom is 0.213 e. The molecule has 0 amide bonds. The second-order valence-electron chi connectivity index (χ2n) is 3.86. The molecule has 3 nitrogen and oxygen atoms in total. The smallest absolute Gasteiger partial charge is 0.213 e. The van der Waals surface area contributed by atoms with Crippen molar-refractivity contribution in [2.45, 2.75) is 39.2 Å². The van der Waals surface area contributed by atoms with E-state index >= 15 is 0 Å². The summed E-state index contributed by atoms with van der Waals surface area (Å²) in [5.74, 6) is 1.07. The molecule has 64 valence electrons. The molecule has 0 N–H and O–H groups in total. The Labute approximate surface area is 66.9 Å². The van der Waals surface area contributed by atoms with Gasteiger partial charge in [-0.2, -0.15) is 0 Å². The summed E-state index contributed by atoms with van der Waals surface area (Å²) in [5.41, 5.74) is 0. The van der Waals surface area contributed by atoms with Crippen LogP contribution in [0.2, 0.25) is 0 Å². The van der Waals surface area contributed by atoms with Crippen molar-refractivity contribution in [3.05, 3.63) is 10.1 Å². The van der Waals surface area contributed by atoms with Crippen molar-refractivity contribution in [1.29, 1.82) is 0 Å². The Morgan fingerprint density at radius 1 is 1.18 bits per heavy atom. The van der Waals surface area contributed by atoms with E-state index in [0.717, 1.165) is 19.3 Å². The normalized spacial score (nSPS) is 38.5. The van der Waals surface area contributed by atoms with Crippen molar-refractivity contribution < 1.29 is 4.92 Å². The van der Waals surface area contributed by atoms with Gasteiger partial charge in [0.05, 0.1) is 0 Å². The minimum Gasteiger partial charge on any atom is -0.264 e. The van der Waals surface area contributed by atoms with E-state index < -0.39 is 0 Å². The molecular weight excluding hydrogens is 142 g/mol. The maximum atomic E-state index is 10.5. The molecule has 0 aromatic heterocycles. The highest BCUT2D eigenvalue weighted by Crippen LogP contribution is 2.29. The summed E-state index contributed by atoms with van der Waals surface area (Å²) in [6.07, 6.45) is 2.71. The lowest BCUT2D eigenvalue weighted by Crippen LogP contribution is -2.30. The predicted octanol–water partition coefficient (Wildman–Crippen LogP) is 2.09. The molecule has 0 spiro atoms. The van der Waals surface area contributed by atoms with Crippen molar-refractivity contribution in [1.82, 2.24) is 0 Å². The van der Waals surface area contributed by atoms with Crippen molar-refractivity contribution in [2.75, 3.05) is 0 Å². The zero-order valence-electron chi connectivity index (χ0n) is 7.12. The molecule has 0 heterocycles. The van der Waals surface area contributed by atoms with Crippen LogP contribution in [0.15, 0.2) is 0 Å². The third-order valence-corrected chi connectivity index (χ3v) is 2.45. The lowest BCUT2D eigenvalue weighted by molar-refractivity contribution is -0.529. The van der Waals surface area contributed by atoms with Crippen LogP contribution in [0.5, 0.6) is 0 Å². The van der Waals surface area contributed by atoms with Gasteiger partial charge in [0.25, 0.3) is 0 Å². The summed E-state index contributed by atoms with van der Waals surface area (Å²) in [5, 5.41) is 10.5. The highest BCUT2D eigenvalue weighted by molar-refractivity contribution is 4.74. The molecule has 0 bridgehead atoms. The van der Waals surface area contributed by atoms with Crippen molar-refractivity contribution >= 4 is 0 Å². The summed E-state index contributed by atoms with van der Waals surface area (Å²) in [4.78, 5) is 10.3. The Balaban J connectivity index is 2.49. The fraction of sp³-hybridized carbons (Fsp3) is 1.00. The summed E-state index contributed by atoms with van der Waals surface area (Å²) in [6.45, 7) is 4.21. The molecule has 1 rings (SSSR count). The number of hydrogen-bond acceptors (Lipinski definition) is 2. The average molecular weight is 157 g/mol. The van der Waals surface area contributed by atoms with E-state index in [9.17, 15) is 10.1 Å². The van der Waals surface area contributed by atoms with E-state index in [4.69, 9.17) is 0 Å². The zero-order valence-corrected chi connectivity index (χ0v) is 7.12. The molecule has 2 unspecified atom stereocenters. The Morgan fingerprint density at radius 3 is 2.00 bits per heavy atom. The van der Waals surface area contributed by atoms with Crippen LogP contribution < -0.4 is 0 Å². The Kier molecular flexibility index (Phi) is 2.47. The van der Waals surface area contributed by atoms with Gasteiger partial charge in [-0.1, -0.05) is 13.8 Å². The van der Waals surface area contributed by atoms with Gasteiger partial charge < -0.3 is 0 Å². The molecule has 1 aliphatic carbocycles. The van der Waals surface area contributed by atoms with Gasteiger partial charge in [-0.05, 0) is 18.3 Å². The quantitative estimate of drug-likeness (QED) is 0.432. The Hall–Kier alpha value is -0.600. The molecule has 1 aliphatic rings. The van der Waals surface area contributed by atoms with Crippen molar-refractivity contribution in [2.24, 2.45) is 11.8 Å². The van der Waals surface area contributed by atoms with Gasteiger partial charge >= 0.3 is 0 Å². The first-order chi connectivity index (χ1) is 5.09. The second-order valence-corrected chi connectivity index (χ2v) is 3.86. The van der Waals surface area contributed by atoms with Gasteiger partial charge in [0.15, 0.2) is 0 Å². The van der Waals surface area contributed by atoms with Gasteiger partial charge in [-0.25, -0.2) is 0 Å². The molecule has 0 radical (unpaired) electrons. The van der Waals surface area contributed by atoms with Crippen LogP contribution in [0.3, 0.4) is 0 Å². The molecule has 0 aromatic rings. The standard InChI is InChI=1S/C8H15NO2/c1-6-3-7(2)5-8(4-6)9(10)11/h6-8H,3-5H2,1-2H3. The highest BCUT2D eigenvalue weighted by atomic mass is 16.6. The minimum atomic E-state index is -0.270. The van der Waals surface area contributed by atoms with E-state index in [1.54, 1.807) is 0 Å². The number of nitrogens with zero attached hydrogens (tertiary/aromatic N) is 1. The van der Waals surface area contributed by atoms with E-state index in [0.29, 0.717) is 11.8 Å². The molecule has 0 saturated heterocycles. The van der Waals surface area contributed by atoms with Crippen LogP contribution in [0, 0.1) is 22.0 Å². The fourth-order valence-electron chi connectivity index (χ4n) is 2.08. The number of rotatable bonds is 1. The lowest BCUT2D eigenvalue weighted by atomic mass is 9.81. The molecule has 0 aromatic carbocycles. The third kappa shape index (κ3) is 2.17. The molecule has 3 heteroatoms. The van der Waals surface area contributed by atoms with E-state index in [-0.39, 0.29) is 11.0 Å². The monoisotopic (exact) mass is 157 g/mol. The summed E-state index contributed by atoms with van der Waals surface area (Å²) < 4.78 is 0. The molecule has 11 heavy (non-hydrogen) atoms. The first-order valence-corrected chi connectivity index (χ1v) is 4.23. The second kappa shape index (κ2) is 3.20. The zero-order chi connectivity index (χ0) is 8.43. The van der Waals surface area contributed by atoms with Crippen molar-refractivity contribution in [3.8, 4) is 0 Å². The number of nitro groups is 1. The Bertz CT molecular complexity index is 148. The van der Waals surface area contributed by atoms with Crippen LogP contribution in [-0.4, -0.2) is 11.0 Å². The van der Waals surface area contributed by atoms with Crippen LogP contribution in [-0.2, 0) is 0 Å². The maximum absolute atomic E-state index is 10.5. The summed E-state index contributed by atoms with van der Waals surface area (Å²) >= 11 is 0. The highest BCUT2D eigenvalue weighted by Gasteiger charge is 2.30. The van der Waals surface area contributed by atoms with Crippen LogP contribution >= 0.6 is 0 Å². The minimum absolute atomic E-state index is 0.119. The predicted molar refractivity (Wildman–Crippen MR) is 43.0 cm³/mol. The van der Waals surface area contributed by atoms with Gasteiger partial charge in [-0.3, -0.25) is 10.1 Å². The van der Waals surface area contributed by atoms with E-state index in [1.807, 2.05) is 0 Å². The third-order valence-electron chi connectivity index (χ3n) is 2.45. The van der Waals surface area contributed by atoms with E-state index in [2.05, 4.69) is 13.8 Å². The molecule has 1 fully saturated rings. The van der Waals surface area contributed by atoms with E-state index in [1.165, 1.54) is 0 Å². The van der Waals surface area contributed by atoms with Crippen LogP contribution in [0.4, 0.5) is 0 Å². The fourth-order valence-corrected chi connectivity index (χ4v) is 2.08. The topological polar surface area (TPSA) is 43.1 Å². The largest absolute Gasteiger partial charge is 0.264 e. The lowest BCUT2D eigenvalue weighted by Gasteiger charge is -2.25. The Morgan fingerprint density at radius 2 is 1.64 bits per heavy atom. The van der Waals surface area contributed by atoms with Gasteiger partial charge in [0, 0.05) is 17.8 Å². The molecule has 2 atom stereocenters. The van der Waals surface area contributed by atoms with Crippen molar-refractivity contribution in [3.63, 3.8) is 0 Å². The molecule has 1 saturated carbocycles. The van der Waals surface area contributed by atoms with Crippen LogP contribution in [0.1, 0.15) is 33.1 Å². The number of hydrogen-bond donors (Lipinski definition) is 0.